The van der Waals surface area contributed by atoms with Crippen LogP contribution in [0.25, 0.3) is 5.76 Å². The van der Waals surface area contributed by atoms with E-state index < -0.39 is 17.7 Å². The van der Waals surface area contributed by atoms with Gasteiger partial charge < -0.3 is 24.6 Å². The van der Waals surface area contributed by atoms with E-state index in [4.69, 9.17) is 9.47 Å². The van der Waals surface area contributed by atoms with Crippen molar-refractivity contribution in [1.29, 1.82) is 0 Å². The van der Waals surface area contributed by atoms with Gasteiger partial charge in [-0.3, -0.25) is 9.59 Å². The summed E-state index contributed by atoms with van der Waals surface area (Å²) in [7, 11) is 1.45. The number of aromatic hydroxyl groups is 1. The van der Waals surface area contributed by atoms with Gasteiger partial charge in [0.25, 0.3) is 11.7 Å². The van der Waals surface area contributed by atoms with E-state index in [1.807, 2.05) is 0 Å². The first-order valence-corrected chi connectivity index (χ1v) is 12.3. The van der Waals surface area contributed by atoms with Crippen LogP contribution in [-0.2, 0) is 9.59 Å². The molecule has 35 heavy (non-hydrogen) atoms. The third kappa shape index (κ3) is 5.96. The van der Waals surface area contributed by atoms with Crippen molar-refractivity contribution in [2.75, 3.05) is 20.3 Å². The Bertz CT molecular complexity index is 1060. The van der Waals surface area contributed by atoms with Crippen LogP contribution in [0, 0.1) is 0 Å². The molecule has 2 aromatic carbocycles. The number of rotatable bonds is 12. The number of amides is 1. The van der Waals surface area contributed by atoms with Gasteiger partial charge in [-0.05, 0) is 54.8 Å². The average Bonchev–Trinajstić information content (AvgIpc) is 3.11. The number of ketones is 1. The zero-order valence-electron chi connectivity index (χ0n) is 20.8. The Labute approximate surface area is 207 Å². The molecule has 0 radical (unpaired) electrons. The second-order valence-electron chi connectivity index (χ2n) is 8.71. The molecule has 1 atom stereocenters. The highest BCUT2D eigenvalue weighted by atomic mass is 16.5. The zero-order chi connectivity index (χ0) is 25.4. The molecule has 1 heterocycles. The topological polar surface area (TPSA) is 96.3 Å². The number of hydrogen-bond acceptors (Lipinski definition) is 6. The summed E-state index contributed by atoms with van der Waals surface area (Å²) in [5.41, 5.74) is 0.948. The predicted molar refractivity (Wildman–Crippen MR) is 135 cm³/mol. The Morgan fingerprint density at radius 2 is 1.66 bits per heavy atom. The minimum absolute atomic E-state index is 0.00711. The van der Waals surface area contributed by atoms with E-state index in [-0.39, 0.29) is 22.8 Å². The zero-order valence-corrected chi connectivity index (χ0v) is 20.8. The van der Waals surface area contributed by atoms with Crippen molar-refractivity contribution < 1.29 is 29.3 Å². The summed E-state index contributed by atoms with van der Waals surface area (Å²) in [6.45, 7) is 5.18. The first-order valence-electron chi connectivity index (χ1n) is 12.3. The van der Waals surface area contributed by atoms with Crippen molar-refractivity contribution in [3.8, 4) is 17.2 Å². The predicted octanol–water partition coefficient (Wildman–Crippen LogP) is 5.58. The third-order valence-corrected chi connectivity index (χ3v) is 6.21. The first kappa shape index (κ1) is 26.1. The molecule has 1 unspecified atom stereocenters. The molecular weight excluding hydrogens is 446 g/mol. The molecule has 7 nitrogen and oxygen atoms in total. The molecule has 1 aliphatic rings. The van der Waals surface area contributed by atoms with Crippen molar-refractivity contribution in [3.05, 3.63) is 59.2 Å². The number of unbranched alkanes of at least 4 members (excludes halogenated alkanes) is 4. The lowest BCUT2D eigenvalue weighted by Crippen LogP contribution is -2.30. The molecule has 0 aromatic heterocycles. The van der Waals surface area contributed by atoms with E-state index in [0.29, 0.717) is 30.0 Å². The van der Waals surface area contributed by atoms with Crippen LogP contribution in [0.2, 0.25) is 0 Å². The van der Waals surface area contributed by atoms with Crippen LogP contribution in [0.1, 0.15) is 69.5 Å². The minimum Gasteiger partial charge on any atom is -0.507 e. The van der Waals surface area contributed by atoms with Crippen molar-refractivity contribution in [1.82, 2.24) is 4.90 Å². The fourth-order valence-electron chi connectivity index (χ4n) is 4.27. The molecule has 1 fully saturated rings. The van der Waals surface area contributed by atoms with Crippen molar-refractivity contribution in [3.63, 3.8) is 0 Å². The lowest BCUT2D eigenvalue weighted by Gasteiger charge is -2.25. The maximum absolute atomic E-state index is 13.1. The molecule has 1 amide bonds. The fourth-order valence-corrected chi connectivity index (χ4v) is 4.27. The second-order valence-corrected chi connectivity index (χ2v) is 8.71. The van der Waals surface area contributed by atoms with Crippen LogP contribution >= 0.6 is 0 Å². The van der Waals surface area contributed by atoms with Crippen LogP contribution in [0.5, 0.6) is 17.2 Å². The standard InChI is InChI=1S/C28H35NO6/c1-4-6-8-16-29-25(20-12-15-23(34-3)22(30)18-20)24(27(32)28(29)33)26(31)19-10-13-21(14-11-19)35-17-9-7-5-2/h10-15,18,25,30-31H,4-9,16-17H2,1-3H3/b26-24-. The van der Waals surface area contributed by atoms with Gasteiger partial charge in [0.05, 0.1) is 25.3 Å². The van der Waals surface area contributed by atoms with E-state index in [0.717, 1.165) is 38.5 Å². The van der Waals surface area contributed by atoms with E-state index in [1.165, 1.54) is 18.1 Å². The lowest BCUT2D eigenvalue weighted by molar-refractivity contribution is -0.139. The fraction of sp³-hybridized carbons (Fsp3) is 0.429. The smallest absolute Gasteiger partial charge is 0.295 e. The number of likely N-dealkylation sites (tertiary alicyclic amines) is 1. The van der Waals surface area contributed by atoms with E-state index >= 15 is 0 Å². The normalized spacial score (nSPS) is 17.1. The van der Waals surface area contributed by atoms with Gasteiger partial charge in [-0.15, -0.1) is 0 Å². The number of nitrogens with zero attached hydrogens (tertiary/aromatic N) is 1. The molecule has 1 saturated heterocycles. The van der Waals surface area contributed by atoms with E-state index in [2.05, 4.69) is 13.8 Å². The van der Waals surface area contributed by atoms with Gasteiger partial charge in [-0.25, -0.2) is 0 Å². The largest absolute Gasteiger partial charge is 0.507 e. The number of benzene rings is 2. The summed E-state index contributed by atoms with van der Waals surface area (Å²) in [5.74, 6) is -0.786. The first-order chi connectivity index (χ1) is 16.9. The number of ether oxygens (including phenoxy) is 2. The van der Waals surface area contributed by atoms with Gasteiger partial charge >= 0.3 is 0 Å². The van der Waals surface area contributed by atoms with Crippen molar-refractivity contribution >= 4 is 17.4 Å². The average molecular weight is 482 g/mol. The van der Waals surface area contributed by atoms with Gasteiger partial charge in [0.2, 0.25) is 0 Å². The van der Waals surface area contributed by atoms with Gasteiger partial charge in [0.15, 0.2) is 11.5 Å². The molecule has 3 rings (SSSR count). The molecule has 2 N–H and O–H groups in total. The number of aliphatic hydroxyl groups is 1. The van der Waals surface area contributed by atoms with Gasteiger partial charge in [0, 0.05) is 12.1 Å². The lowest BCUT2D eigenvalue weighted by atomic mass is 9.95. The third-order valence-electron chi connectivity index (χ3n) is 6.21. The Hall–Kier alpha value is -3.48. The number of methoxy groups -OCH3 is 1. The number of carbonyl (C=O) groups excluding carboxylic acids is 2. The highest BCUT2D eigenvalue weighted by molar-refractivity contribution is 6.46. The monoisotopic (exact) mass is 481 g/mol. The SMILES string of the molecule is CCCCCOc1ccc(/C(O)=C2/C(=O)C(=O)N(CCCCC)C2c2ccc(OC)c(O)c2)cc1. The summed E-state index contributed by atoms with van der Waals surface area (Å²) in [4.78, 5) is 27.6. The Kier molecular flexibility index (Phi) is 9.18. The van der Waals surface area contributed by atoms with E-state index in [1.54, 1.807) is 36.4 Å². The van der Waals surface area contributed by atoms with Gasteiger partial charge in [-0.2, -0.15) is 0 Å². The number of aliphatic hydroxyl groups excluding tert-OH is 1. The summed E-state index contributed by atoms with van der Waals surface area (Å²) in [5, 5.41) is 21.5. The van der Waals surface area contributed by atoms with Gasteiger partial charge in [0.1, 0.15) is 11.5 Å². The second kappa shape index (κ2) is 12.3. The van der Waals surface area contributed by atoms with Crippen LogP contribution in [-0.4, -0.2) is 47.1 Å². The highest BCUT2D eigenvalue weighted by Gasteiger charge is 2.46. The summed E-state index contributed by atoms with van der Waals surface area (Å²) in [6, 6.07) is 10.8. The number of carbonyl (C=O) groups is 2. The molecule has 188 valence electrons. The maximum Gasteiger partial charge on any atom is 0.295 e. The Balaban J connectivity index is 1.98. The number of Topliss-reactive ketones (excluding diaryl/α,β-unsaturated/α-hetero) is 1. The minimum atomic E-state index is -0.811. The number of phenols is 1. The van der Waals surface area contributed by atoms with Crippen LogP contribution in [0.3, 0.4) is 0 Å². The van der Waals surface area contributed by atoms with Crippen molar-refractivity contribution in [2.24, 2.45) is 0 Å². The molecule has 2 aromatic rings. The molecule has 0 aliphatic carbocycles. The molecule has 0 bridgehead atoms. The highest BCUT2D eigenvalue weighted by Crippen LogP contribution is 2.42. The molecule has 0 saturated carbocycles. The quantitative estimate of drug-likeness (QED) is 0.178. The van der Waals surface area contributed by atoms with E-state index in [9.17, 15) is 19.8 Å². The maximum atomic E-state index is 13.1. The van der Waals surface area contributed by atoms with Crippen LogP contribution < -0.4 is 9.47 Å². The molecule has 0 spiro atoms. The summed E-state index contributed by atoms with van der Waals surface area (Å²) < 4.78 is 10.9. The van der Waals surface area contributed by atoms with Crippen LogP contribution in [0.15, 0.2) is 48.0 Å². The number of phenolic OH excluding ortho intramolecular Hbond substituents is 1. The Morgan fingerprint density at radius 3 is 2.29 bits per heavy atom. The van der Waals surface area contributed by atoms with Gasteiger partial charge in [-0.1, -0.05) is 45.6 Å². The summed E-state index contributed by atoms with van der Waals surface area (Å²) in [6.07, 6.45) is 5.77. The summed E-state index contributed by atoms with van der Waals surface area (Å²) >= 11 is 0. The molecular formula is C28H35NO6. The number of hydrogen-bond donors (Lipinski definition) is 2. The molecule has 1 aliphatic heterocycles. The molecule has 7 heteroatoms. The van der Waals surface area contributed by atoms with Crippen molar-refractivity contribution in [2.45, 2.75) is 58.4 Å². The Morgan fingerprint density at radius 1 is 0.971 bits per heavy atom. The van der Waals surface area contributed by atoms with Crippen LogP contribution in [0.4, 0.5) is 0 Å².